The lowest BCUT2D eigenvalue weighted by Crippen LogP contribution is -2.26. The van der Waals surface area contributed by atoms with Gasteiger partial charge in [0.1, 0.15) is 11.3 Å². The minimum Gasteiger partial charge on any atom is -0.490 e. The van der Waals surface area contributed by atoms with E-state index in [4.69, 9.17) is 18.9 Å². The summed E-state index contributed by atoms with van der Waals surface area (Å²) < 4.78 is 22.2. The van der Waals surface area contributed by atoms with Crippen LogP contribution in [0.15, 0.2) is 36.7 Å². The Morgan fingerprint density at radius 1 is 1.02 bits per heavy atom. The average Bonchev–Trinajstić information content (AvgIpc) is 3.40. The molecule has 2 N–H and O–H groups in total. The van der Waals surface area contributed by atoms with E-state index in [0.717, 1.165) is 23.5 Å². The predicted molar refractivity (Wildman–Crippen MR) is 191 cm³/mol. The molecule has 2 amide bonds. The van der Waals surface area contributed by atoms with Gasteiger partial charge < -0.3 is 29.6 Å². The van der Waals surface area contributed by atoms with Crippen LogP contribution in [0.4, 0.5) is 5.69 Å². The van der Waals surface area contributed by atoms with Gasteiger partial charge in [0.2, 0.25) is 5.88 Å². The van der Waals surface area contributed by atoms with Crippen LogP contribution in [-0.4, -0.2) is 61.9 Å². The number of aromatic nitrogens is 2. The van der Waals surface area contributed by atoms with Gasteiger partial charge in [0.25, 0.3) is 11.8 Å². The van der Waals surface area contributed by atoms with Crippen LogP contribution in [0.5, 0.6) is 11.6 Å². The molecule has 3 rings (SSSR count). The molecular formula is C36H54N4O6S. The molecule has 4 unspecified atom stereocenters. The van der Waals surface area contributed by atoms with Gasteiger partial charge in [0.05, 0.1) is 52.0 Å². The lowest BCUT2D eigenvalue weighted by Gasteiger charge is -2.21. The maximum Gasteiger partial charge on any atom is 0.261 e. The average molecular weight is 671 g/mol. The number of carbonyl (C=O) groups is 2. The number of amides is 2. The Bertz CT molecular complexity index is 1470. The molecule has 0 saturated carbocycles. The van der Waals surface area contributed by atoms with E-state index in [-0.39, 0.29) is 29.3 Å². The number of nitrogens with zero attached hydrogens (tertiary/aromatic N) is 2. The molecule has 0 aliphatic carbocycles. The summed E-state index contributed by atoms with van der Waals surface area (Å²) in [5.74, 6) is 2.15. The van der Waals surface area contributed by atoms with Crippen LogP contribution >= 0.6 is 11.3 Å². The highest BCUT2D eigenvalue weighted by Gasteiger charge is 2.23. The first-order valence-electron chi connectivity index (χ1n) is 16.2. The summed E-state index contributed by atoms with van der Waals surface area (Å²) in [6.45, 7) is 21.5. The van der Waals surface area contributed by atoms with Crippen LogP contribution in [-0.2, 0) is 9.47 Å². The van der Waals surface area contributed by atoms with Gasteiger partial charge in [0.15, 0.2) is 0 Å². The van der Waals surface area contributed by atoms with Gasteiger partial charge in [-0.2, -0.15) is 0 Å². The molecule has 0 saturated heterocycles. The quantitative estimate of drug-likeness (QED) is 0.157. The molecule has 0 radical (unpaired) electrons. The second-order valence-corrected chi connectivity index (χ2v) is 13.6. The first-order chi connectivity index (χ1) is 22.2. The number of aryl methyl sites for hydroxylation is 1. The number of nitrogens with one attached hydrogen (secondary N) is 2. The van der Waals surface area contributed by atoms with Crippen LogP contribution in [0.1, 0.15) is 93.5 Å². The Labute approximate surface area is 284 Å². The topological polar surface area (TPSA) is 121 Å². The fourth-order valence-corrected chi connectivity index (χ4v) is 5.96. The largest absolute Gasteiger partial charge is 0.490 e. The number of rotatable bonds is 16. The van der Waals surface area contributed by atoms with Crippen LogP contribution in [0, 0.1) is 24.7 Å². The van der Waals surface area contributed by atoms with E-state index in [1.54, 1.807) is 20.3 Å². The van der Waals surface area contributed by atoms with Crippen molar-refractivity contribution in [1.29, 1.82) is 0 Å². The summed E-state index contributed by atoms with van der Waals surface area (Å²) in [7, 11) is 4.82. The minimum atomic E-state index is -0.459. The highest BCUT2D eigenvalue weighted by molar-refractivity contribution is 7.19. The van der Waals surface area contributed by atoms with Gasteiger partial charge in [-0.15, -0.1) is 11.3 Å². The molecule has 10 nitrogen and oxygen atoms in total. The van der Waals surface area contributed by atoms with Crippen molar-refractivity contribution in [3.8, 4) is 11.6 Å². The number of carbonyl (C=O) groups excluding carboxylic acids is 2. The fraction of sp³-hybridized carbons (Fsp3) is 0.556. The summed E-state index contributed by atoms with van der Waals surface area (Å²) >= 11 is 1.40. The van der Waals surface area contributed by atoms with Gasteiger partial charge >= 0.3 is 0 Å². The van der Waals surface area contributed by atoms with E-state index in [2.05, 4.69) is 54.9 Å². The van der Waals surface area contributed by atoms with Gasteiger partial charge in [-0.05, 0) is 64.0 Å². The Balaban J connectivity index is 0.000000544. The first-order valence-corrected chi connectivity index (χ1v) is 17.0. The lowest BCUT2D eigenvalue weighted by molar-refractivity contribution is 0.0949. The third-order valence-corrected chi connectivity index (χ3v) is 8.87. The van der Waals surface area contributed by atoms with E-state index in [9.17, 15) is 9.59 Å². The maximum absolute atomic E-state index is 13.5. The number of anilines is 1. The fourth-order valence-electron chi connectivity index (χ4n) is 5.00. The molecule has 47 heavy (non-hydrogen) atoms. The lowest BCUT2D eigenvalue weighted by atomic mass is 9.86. The van der Waals surface area contributed by atoms with Crippen LogP contribution in [0.25, 0.3) is 10.2 Å². The summed E-state index contributed by atoms with van der Waals surface area (Å²) in [5.41, 5.74) is 1.92. The second kappa shape index (κ2) is 19.3. The summed E-state index contributed by atoms with van der Waals surface area (Å²) in [6.07, 6.45) is 4.15. The molecule has 0 aliphatic heterocycles. The van der Waals surface area contributed by atoms with Gasteiger partial charge in [-0.3, -0.25) is 9.59 Å². The third-order valence-electron chi connectivity index (χ3n) is 7.86. The molecule has 4 atom stereocenters. The molecular weight excluding hydrogens is 616 g/mol. The maximum atomic E-state index is 13.5. The van der Waals surface area contributed by atoms with E-state index in [1.165, 1.54) is 43.6 Å². The normalized spacial score (nSPS) is 13.6. The van der Waals surface area contributed by atoms with Crippen molar-refractivity contribution in [2.45, 2.75) is 86.9 Å². The monoisotopic (exact) mass is 670 g/mol. The van der Waals surface area contributed by atoms with Crippen molar-refractivity contribution in [3.63, 3.8) is 0 Å². The summed E-state index contributed by atoms with van der Waals surface area (Å²) in [4.78, 5) is 35.3. The zero-order valence-electron chi connectivity index (χ0n) is 30.0. The van der Waals surface area contributed by atoms with Crippen molar-refractivity contribution in [2.24, 2.45) is 17.8 Å². The van der Waals surface area contributed by atoms with Crippen molar-refractivity contribution < 1.29 is 28.5 Å². The number of benzene rings is 1. The zero-order valence-corrected chi connectivity index (χ0v) is 30.8. The molecule has 260 valence electrons. The predicted octanol–water partition coefficient (Wildman–Crippen LogP) is 8.06. The van der Waals surface area contributed by atoms with E-state index in [1.807, 2.05) is 33.8 Å². The smallest absolute Gasteiger partial charge is 0.261 e. The van der Waals surface area contributed by atoms with Crippen molar-refractivity contribution >= 4 is 39.1 Å². The minimum absolute atomic E-state index is 0.114. The molecule has 0 aliphatic rings. The number of ether oxygens (including phenoxy) is 4. The van der Waals surface area contributed by atoms with Crippen molar-refractivity contribution in [2.75, 3.05) is 33.3 Å². The van der Waals surface area contributed by atoms with Crippen LogP contribution in [0.3, 0.4) is 0 Å². The highest BCUT2D eigenvalue weighted by Crippen LogP contribution is 2.34. The van der Waals surface area contributed by atoms with Gasteiger partial charge in [0, 0.05) is 39.0 Å². The number of methoxy groups -OCH3 is 3. The number of fused-ring (bicyclic) bond motifs is 1. The van der Waals surface area contributed by atoms with Gasteiger partial charge in [-0.1, -0.05) is 40.7 Å². The number of pyridine rings is 1. The van der Waals surface area contributed by atoms with Crippen LogP contribution < -0.4 is 20.1 Å². The summed E-state index contributed by atoms with van der Waals surface area (Å²) in [5, 5.41) is 6.41. The van der Waals surface area contributed by atoms with Gasteiger partial charge in [-0.25, -0.2) is 9.97 Å². The van der Waals surface area contributed by atoms with E-state index >= 15 is 0 Å². The molecule has 0 fully saturated rings. The molecule has 2 aromatic heterocycles. The molecule has 11 heteroatoms. The van der Waals surface area contributed by atoms with Crippen LogP contribution in [0.2, 0.25) is 0 Å². The third kappa shape index (κ3) is 12.2. The standard InChI is InChI=1S/C25H30N4O5S.C11H24O/c1-13(2)34-20-9-8-18-23(35-16(5)28-18)22(20)25(31)29-19-12-26-21(33-7)11-17(19)24(30)27-14(3)10-15(4)32-6;1-6-10(3)11(4)7-9(2)8-12-5/h8-9,11-13,15H,3,10H2,1-2,4-7H3,(H,27,30)(H,29,31);9-11H,6-8H2,1-5H3. The molecule has 3 aromatic rings. The molecule has 2 heterocycles. The Morgan fingerprint density at radius 2 is 1.72 bits per heavy atom. The highest BCUT2D eigenvalue weighted by atomic mass is 32.1. The first kappa shape index (κ1) is 39.6. The molecule has 0 bridgehead atoms. The molecule has 1 aromatic carbocycles. The SMILES string of the molecule is C=C(CC(C)OC)NC(=O)c1cc(OC)ncc1NC(=O)c1c(OC(C)C)ccc2nc(C)sc12.CCC(C)C(C)CC(C)COC. The Kier molecular flexibility index (Phi) is 16.3. The second-order valence-electron chi connectivity index (χ2n) is 12.4. The Morgan fingerprint density at radius 3 is 2.32 bits per heavy atom. The van der Waals surface area contributed by atoms with E-state index < -0.39 is 11.8 Å². The number of thiazole rings is 1. The Hall–Kier alpha value is -3.54. The number of hydrogen-bond donors (Lipinski definition) is 2. The van der Waals surface area contributed by atoms with Crippen molar-refractivity contribution in [1.82, 2.24) is 15.3 Å². The summed E-state index contributed by atoms with van der Waals surface area (Å²) in [6, 6.07) is 5.02. The van der Waals surface area contributed by atoms with Crippen molar-refractivity contribution in [3.05, 3.63) is 52.8 Å². The zero-order chi connectivity index (χ0) is 35.3. The van der Waals surface area contributed by atoms with E-state index in [0.29, 0.717) is 39.6 Å². The molecule has 0 spiro atoms. The number of hydrogen-bond acceptors (Lipinski definition) is 9.